The number of benzene rings is 4. The molecular weight excluding hydrogens is 1730 g/mol. The van der Waals surface area contributed by atoms with Crippen LogP contribution in [0.25, 0.3) is 45.0 Å². The maximum Gasteiger partial charge on any atom is 0.343 e. The molecule has 0 bridgehead atoms. The standard InChI is InChI=1S/C26H33F3N6O3.C23H30F3N5O3.C21H26F2N4O3.C20H24F2N4O3/c1-26(2,3)22(24(37)34-9-5-14(6-10-34)23(30)36)31-25(38)35-20-7-8-33(4)13-16(20)21(32-35)15-11-18(28)19(29)12-17(15)27;1-23(2,3)20(21(33)27-7-5-9-32)28-22(34)31-18-6-8-30(4)12-14(18)19(29-31)13-10-16(25)17(26)11-15(13)24;1-5-26-9-8-16-14(11-26)17(13-10-12(22)6-7-15(13)23)25-27(16)20(30)24-18(19(28)29)21(2,3)4;1-20(2,3)17(18(27)28)23-19(29)26-15-7-8-25(4)10-13(15)16(24-26)12-9-11(21)5-6-14(12)22/h11-12,14,22H,5-10,13H2,1-4H3,(H2,30,36)(H,31,38);10-11,20,32H,5-9,12H2,1-4H3,(H,27,33)(H,28,34);6-7,10,18H,5,8-9,11H2,1-4H3,(H,24,30)(H,28,29);5-6,9,17H,7-8,10H2,1-4H3,(H,23,29)(H,27,28)/t22-;20-;18-;17-/m1111/s1. The number of hydrogen-bond donors (Lipinski definition) is 9. The van der Waals surface area contributed by atoms with E-state index in [1.54, 1.807) is 67.2 Å². The quantitative estimate of drug-likeness (QED) is 0.0232. The van der Waals surface area contributed by atoms with Crippen LogP contribution in [0.2, 0.25) is 0 Å². The van der Waals surface area contributed by atoms with E-state index in [1.165, 1.54) is 0 Å². The van der Waals surface area contributed by atoms with Crippen LogP contribution < -0.4 is 32.3 Å². The van der Waals surface area contributed by atoms with Crippen molar-refractivity contribution in [2.75, 3.05) is 80.1 Å². The smallest absolute Gasteiger partial charge is 0.343 e. The van der Waals surface area contributed by atoms with Crippen LogP contribution in [-0.4, -0.2) is 237 Å². The molecule has 7 amide bonds. The number of amides is 7. The highest BCUT2D eigenvalue weighted by molar-refractivity contribution is 5.91. The minimum atomic E-state index is -1.32. The van der Waals surface area contributed by atoms with Gasteiger partial charge in [0.1, 0.15) is 81.8 Å². The number of nitrogens with one attached hydrogen (secondary N) is 5. The van der Waals surface area contributed by atoms with Gasteiger partial charge in [-0.2, -0.15) is 39.1 Å². The minimum Gasteiger partial charge on any atom is -0.480 e. The number of primary amides is 1. The molecule has 41 heteroatoms. The molecule has 4 aromatic carbocycles. The molecule has 5 aliphatic heterocycles. The summed E-state index contributed by atoms with van der Waals surface area (Å²) in [5.41, 5.74) is 7.06. The Hall–Kier alpha value is -12.0. The number of piperidine rings is 1. The monoisotopic (exact) mass is 1840 g/mol. The highest BCUT2D eigenvalue weighted by Crippen LogP contribution is 2.39. The molecule has 0 aliphatic carbocycles. The molecule has 4 atom stereocenters. The summed E-state index contributed by atoms with van der Waals surface area (Å²) in [7, 11) is 5.58. The van der Waals surface area contributed by atoms with Gasteiger partial charge in [0.15, 0.2) is 23.3 Å². The predicted molar refractivity (Wildman–Crippen MR) is 462 cm³/mol. The first-order valence-electron chi connectivity index (χ1n) is 42.8. The summed E-state index contributed by atoms with van der Waals surface area (Å²) in [6.45, 7) is 28.7. The highest BCUT2D eigenvalue weighted by atomic mass is 19.2. The van der Waals surface area contributed by atoms with E-state index in [1.807, 2.05) is 63.5 Å². The number of likely N-dealkylation sites (N-methyl/N-ethyl adjacent to an activating group) is 4. The van der Waals surface area contributed by atoms with Gasteiger partial charge in [0.2, 0.25) is 17.7 Å². The first-order valence-corrected chi connectivity index (χ1v) is 42.8. The van der Waals surface area contributed by atoms with Gasteiger partial charge in [-0.15, -0.1) is 0 Å². The van der Waals surface area contributed by atoms with Crippen molar-refractivity contribution in [3.05, 3.63) is 164 Å². The van der Waals surface area contributed by atoms with Crippen LogP contribution in [0.15, 0.2) is 60.7 Å². The number of carbonyl (C=O) groups is 9. The van der Waals surface area contributed by atoms with Crippen LogP contribution in [0.4, 0.5) is 63.1 Å². The lowest BCUT2D eigenvalue weighted by atomic mass is 9.85. The third kappa shape index (κ3) is 23.7. The van der Waals surface area contributed by atoms with Gasteiger partial charge in [0.25, 0.3) is 0 Å². The van der Waals surface area contributed by atoms with Gasteiger partial charge in [-0.05, 0) is 117 Å². The van der Waals surface area contributed by atoms with Gasteiger partial charge >= 0.3 is 36.1 Å². The molecular formula is C90H113F10N19O12. The van der Waals surface area contributed by atoms with E-state index in [-0.39, 0.29) is 75.9 Å². The third-order valence-corrected chi connectivity index (χ3v) is 23.4. The predicted octanol–water partition coefficient (Wildman–Crippen LogP) is 11.2. The molecule has 13 rings (SSSR count). The Morgan fingerprint density at radius 1 is 0.420 bits per heavy atom. The number of fused-ring (bicyclic) bond motifs is 4. The zero-order chi connectivity index (χ0) is 96.9. The van der Waals surface area contributed by atoms with Gasteiger partial charge in [-0.3, -0.25) is 19.3 Å². The van der Waals surface area contributed by atoms with Crippen LogP contribution in [0.1, 0.15) is 154 Å². The van der Waals surface area contributed by atoms with Crippen molar-refractivity contribution in [1.29, 1.82) is 0 Å². The Morgan fingerprint density at radius 3 is 1.05 bits per heavy atom. The first-order chi connectivity index (χ1) is 61.2. The summed E-state index contributed by atoms with van der Waals surface area (Å²) < 4.78 is 145. The van der Waals surface area contributed by atoms with Crippen molar-refractivity contribution in [3.63, 3.8) is 0 Å². The number of aliphatic hydroxyl groups excluding tert-OH is 1. The zero-order valence-corrected chi connectivity index (χ0v) is 76.0. The van der Waals surface area contributed by atoms with Gasteiger partial charge in [0.05, 0.1) is 22.8 Å². The Morgan fingerprint density at radius 2 is 0.733 bits per heavy atom. The number of carboxylic acids is 2. The molecule has 0 radical (unpaired) electrons. The van der Waals surface area contributed by atoms with E-state index in [2.05, 4.69) is 51.9 Å². The van der Waals surface area contributed by atoms with Crippen molar-refractivity contribution < 1.29 is 102 Å². The van der Waals surface area contributed by atoms with Crippen LogP contribution in [0, 0.1) is 85.8 Å². The largest absolute Gasteiger partial charge is 0.480 e. The van der Waals surface area contributed by atoms with Crippen LogP contribution >= 0.6 is 0 Å². The average Bonchev–Trinajstić information content (AvgIpc) is 1.62. The first kappa shape index (κ1) is 101. The lowest BCUT2D eigenvalue weighted by molar-refractivity contribution is -0.142. The number of aliphatic carboxylic acids is 2. The number of aromatic nitrogens is 8. The summed E-state index contributed by atoms with van der Waals surface area (Å²) >= 11 is 0. The van der Waals surface area contributed by atoms with E-state index in [0.717, 1.165) is 73.8 Å². The number of nitrogens with zero attached hydrogens (tertiary/aromatic N) is 13. The van der Waals surface area contributed by atoms with Gasteiger partial charge in [-0.25, -0.2) is 72.7 Å². The second-order valence-corrected chi connectivity index (χ2v) is 37.6. The Labute approximate surface area is 750 Å². The molecule has 5 aliphatic rings. The zero-order valence-electron chi connectivity index (χ0n) is 76.0. The van der Waals surface area contributed by atoms with Crippen molar-refractivity contribution in [2.24, 2.45) is 33.3 Å². The fourth-order valence-corrected chi connectivity index (χ4v) is 16.0. The number of likely N-dealkylation sites (tertiary alicyclic amines) is 1. The average molecular weight is 1840 g/mol. The number of carbonyl (C=O) groups excluding carboxylic acids is 7. The Kier molecular flexibility index (Phi) is 31.8. The maximum absolute atomic E-state index is 14.7. The third-order valence-electron chi connectivity index (χ3n) is 23.4. The minimum absolute atomic E-state index is 0.0265. The maximum atomic E-state index is 14.7. The second-order valence-electron chi connectivity index (χ2n) is 37.6. The molecule has 710 valence electrons. The van der Waals surface area contributed by atoms with Gasteiger partial charge in [0, 0.05) is 167 Å². The molecule has 4 aromatic heterocycles. The Balaban J connectivity index is 0.000000182. The lowest BCUT2D eigenvalue weighted by Crippen LogP contribution is -2.57. The summed E-state index contributed by atoms with van der Waals surface area (Å²) in [4.78, 5) is 123. The van der Waals surface area contributed by atoms with Gasteiger partial charge < -0.3 is 67.2 Å². The highest BCUT2D eigenvalue weighted by Gasteiger charge is 2.43. The van der Waals surface area contributed by atoms with Crippen molar-refractivity contribution in [3.8, 4) is 45.0 Å². The fraction of sp³-hybridized carbons (Fsp3) is 0.500. The van der Waals surface area contributed by atoms with E-state index >= 15 is 0 Å². The molecule has 8 aromatic rings. The molecule has 1 fully saturated rings. The van der Waals surface area contributed by atoms with E-state index in [0.29, 0.717) is 168 Å². The molecule has 1 saturated heterocycles. The molecule has 0 spiro atoms. The molecule has 0 saturated carbocycles. The summed E-state index contributed by atoms with van der Waals surface area (Å²) in [6, 6.07) is 1.64. The molecule has 0 unspecified atom stereocenters. The van der Waals surface area contributed by atoms with E-state index in [9.17, 15) is 97.3 Å². The Bertz CT molecular complexity index is 5640. The molecule has 31 nitrogen and oxygen atoms in total. The van der Waals surface area contributed by atoms with Crippen molar-refractivity contribution in [2.45, 2.75) is 185 Å². The molecule has 9 heterocycles. The normalized spacial score (nSPS) is 16.1. The summed E-state index contributed by atoms with van der Waals surface area (Å²) in [6.07, 6.45) is 3.06. The lowest BCUT2D eigenvalue weighted by Gasteiger charge is -2.37. The number of carboxylic acid groups (broad SMARTS) is 2. The number of aliphatic hydroxyl groups is 1. The summed E-state index contributed by atoms with van der Waals surface area (Å²) in [5, 5.41) is 58.4. The van der Waals surface area contributed by atoms with E-state index in [4.69, 9.17) is 10.8 Å². The number of nitrogens with two attached hydrogens (primary N) is 1. The number of hydrogen-bond acceptors (Lipinski definition) is 18. The number of halogens is 10. The summed E-state index contributed by atoms with van der Waals surface area (Å²) in [5.74, 6) is -13.3. The van der Waals surface area contributed by atoms with E-state index < -0.39 is 146 Å². The SMILES string of the molecule is CCN1CCc2c(c(-c3cc(F)ccc3F)nn2C(=O)N[C@H](C(=O)O)C(C)(C)C)C1.CN1CCc2c(c(-c3cc(F)c(F)cc3F)nn2C(=O)N[C@H](C(=O)N2CCC(C(N)=O)CC2)C(C)(C)C)C1.CN1CCc2c(c(-c3cc(F)c(F)cc3F)nn2C(=O)N[C@H](C(=O)NCCCO)C(C)(C)C)C1.CN1CCc2c(c(-c3cc(F)ccc3F)nn2C(=O)N[C@H](C(=O)O)C(C)(C)C)C1. The van der Waals surface area contributed by atoms with Crippen LogP contribution in [-0.2, 0) is 75.8 Å². The number of rotatable bonds is 17. The fourth-order valence-electron chi connectivity index (χ4n) is 16.0. The van der Waals surface area contributed by atoms with Crippen molar-refractivity contribution >= 4 is 53.8 Å². The molecule has 131 heavy (non-hydrogen) atoms. The van der Waals surface area contributed by atoms with Gasteiger partial charge in [-0.1, -0.05) is 90.0 Å². The van der Waals surface area contributed by atoms with Crippen LogP contribution in [0.3, 0.4) is 0 Å². The van der Waals surface area contributed by atoms with Crippen molar-refractivity contribution in [1.82, 2.24) is 90.2 Å². The topological polar surface area (TPSA) is 388 Å². The second kappa shape index (κ2) is 41.2. The van der Waals surface area contributed by atoms with Crippen LogP contribution in [0.5, 0.6) is 0 Å². The molecule has 10 N–H and O–H groups in total.